The summed E-state index contributed by atoms with van der Waals surface area (Å²) in [4.78, 5) is 4.60. The number of ether oxygens (including phenoxy) is 1. The molecule has 1 aromatic rings. The van der Waals surface area contributed by atoms with Crippen LogP contribution in [0.25, 0.3) is 0 Å². The number of halogens is 2. The number of aliphatic imine (C=N–C) groups is 1. The van der Waals surface area contributed by atoms with Crippen LogP contribution in [0, 0.1) is 11.7 Å². The molecule has 0 amide bonds. The minimum absolute atomic E-state index is 0. The van der Waals surface area contributed by atoms with Crippen molar-refractivity contribution in [1.29, 1.82) is 0 Å². The number of hydrogen-bond donors (Lipinski definition) is 3. The fourth-order valence-electron chi connectivity index (χ4n) is 2.55. The Hall–Kier alpha value is -0.930. The lowest BCUT2D eigenvalue weighted by molar-refractivity contribution is 0.0345. The topological polar surface area (TPSA) is 65.9 Å². The van der Waals surface area contributed by atoms with Crippen LogP contribution < -0.4 is 10.6 Å². The van der Waals surface area contributed by atoms with Crippen LogP contribution in [0.2, 0.25) is 0 Å². The lowest BCUT2D eigenvalue weighted by atomic mass is 9.85. The van der Waals surface area contributed by atoms with Crippen molar-refractivity contribution in [2.75, 3.05) is 32.8 Å². The third-order valence-electron chi connectivity index (χ3n) is 4.45. The lowest BCUT2D eigenvalue weighted by Crippen LogP contribution is -2.43. The van der Waals surface area contributed by atoms with E-state index in [9.17, 15) is 9.50 Å². The standard InChI is InChI=1S/C20H32FN3O2.HI/c1-4-22-19(23-11-18(25)13-26-12-15-8-9-15)24-14-20(2,3)16-6-5-7-17(21)10-16;/h5-7,10,15,18,25H,4,8-9,11-14H2,1-3H3,(H2,22,23,24);1H. The van der Waals surface area contributed by atoms with Gasteiger partial charge in [0, 0.05) is 25.1 Å². The fraction of sp³-hybridized carbons (Fsp3) is 0.650. The van der Waals surface area contributed by atoms with Gasteiger partial charge in [-0.2, -0.15) is 0 Å². The molecule has 0 spiro atoms. The highest BCUT2D eigenvalue weighted by Crippen LogP contribution is 2.28. The average Bonchev–Trinajstić information content (AvgIpc) is 3.42. The first-order chi connectivity index (χ1) is 12.4. The second kappa shape index (κ2) is 11.8. The Labute approximate surface area is 179 Å². The Morgan fingerprint density at radius 2 is 2.11 bits per heavy atom. The van der Waals surface area contributed by atoms with Gasteiger partial charge in [0.1, 0.15) is 5.82 Å². The van der Waals surface area contributed by atoms with Crippen LogP contribution in [-0.2, 0) is 10.2 Å². The van der Waals surface area contributed by atoms with Crippen molar-refractivity contribution in [2.24, 2.45) is 10.9 Å². The van der Waals surface area contributed by atoms with E-state index >= 15 is 0 Å². The van der Waals surface area contributed by atoms with Crippen molar-refractivity contribution in [1.82, 2.24) is 10.6 Å². The number of aliphatic hydroxyl groups is 1. The first kappa shape index (κ1) is 24.1. The molecule has 0 saturated heterocycles. The van der Waals surface area contributed by atoms with Gasteiger partial charge in [-0.05, 0) is 43.4 Å². The number of nitrogens with one attached hydrogen (secondary N) is 2. The maximum atomic E-state index is 13.5. The molecule has 5 nitrogen and oxygen atoms in total. The summed E-state index contributed by atoms with van der Waals surface area (Å²) >= 11 is 0. The van der Waals surface area contributed by atoms with Crippen LogP contribution >= 0.6 is 24.0 Å². The van der Waals surface area contributed by atoms with E-state index in [4.69, 9.17) is 4.74 Å². The van der Waals surface area contributed by atoms with Crippen molar-refractivity contribution in [2.45, 2.75) is 45.1 Å². The van der Waals surface area contributed by atoms with Gasteiger partial charge in [-0.15, -0.1) is 24.0 Å². The lowest BCUT2D eigenvalue weighted by Gasteiger charge is -2.24. The molecule has 0 aromatic heterocycles. The predicted molar refractivity (Wildman–Crippen MR) is 118 cm³/mol. The molecule has 1 aliphatic carbocycles. The number of nitrogens with zero attached hydrogens (tertiary/aromatic N) is 1. The van der Waals surface area contributed by atoms with Crippen molar-refractivity contribution >= 4 is 29.9 Å². The first-order valence-electron chi connectivity index (χ1n) is 9.44. The maximum absolute atomic E-state index is 13.5. The molecule has 0 bridgehead atoms. The van der Waals surface area contributed by atoms with Gasteiger partial charge >= 0.3 is 0 Å². The maximum Gasteiger partial charge on any atom is 0.191 e. The zero-order valence-electron chi connectivity index (χ0n) is 16.5. The van der Waals surface area contributed by atoms with Crippen LogP contribution in [0.5, 0.6) is 0 Å². The summed E-state index contributed by atoms with van der Waals surface area (Å²) in [5, 5.41) is 16.3. The summed E-state index contributed by atoms with van der Waals surface area (Å²) in [6.45, 7) is 8.73. The third-order valence-corrected chi connectivity index (χ3v) is 4.45. The van der Waals surface area contributed by atoms with E-state index in [1.165, 1.54) is 18.9 Å². The quantitative estimate of drug-likeness (QED) is 0.266. The molecule has 1 aromatic carbocycles. The molecule has 1 saturated carbocycles. The fourth-order valence-corrected chi connectivity index (χ4v) is 2.55. The average molecular weight is 493 g/mol. The third kappa shape index (κ3) is 9.21. The summed E-state index contributed by atoms with van der Waals surface area (Å²) in [5.74, 6) is 1.09. The number of aliphatic hydroxyl groups excluding tert-OH is 1. The van der Waals surface area contributed by atoms with Gasteiger partial charge in [0.25, 0.3) is 0 Å². The Bertz CT molecular complexity index is 594. The molecular formula is C20H33FIN3O2. The van der Waals surface area contributed by atoms with E-state index in [0.29, 0.717) is 31.6 Å². The van der Waals surface area contributed by atoms with Gasteiger partial charge in [-0.25, -0.2) is 4.39 Å². The van der Waals surface area contributed by atoms with E-state index in [2.05, 4.69) is 15.6 Å². The number of benzene rings is 1. The van der Waals surface area contributed by atoms with Crippen molar-refractivity contribution in [3.63, 3.8) is 0 Å². The van der Waals surface area contributed by atoms with E-state index < -0.39 is 6.10 Å². The highest BCUT2D eigenvalue weighted by molar-refractivity contribution is 14.0. The second-order valence-corrected chi connectivity index (χ2v) is 7.60. The smallest absolute Gasteiger partial charge is 0.191 e. The molecule has 1 atom stereocenters. The zero-order valence-corrected chi connectivity index (χ0v) is 18.8. The van der Waals surface area contributed by atoms with Crippen LogP contribution in [0.4, 0.5) is 4.39 Å². The van der Waals surface area contributed by atoms with Gasteiger partial charge in [0.05, 0.1) is 19.3 Å². The van der Waals surface area contributed by atoms with Crippen molar-refractivity contribution in [3.05, 3.63) is 35.6 Å². The Kier molecular flexibility index (Phi) is 10.5. The summed E-state index contributed by atoms with van der Waals surface area (Å²) < 4.78 is 19.0. The Balaban J connectivity index is 0.00000364. The molecule has 0 heterocycles. The monoisotopic (exact) mass is 493 g/mol. The molecule has 27 heavy (non-hydrogen) atoms. The van der Waals surface area contributed by atoms with E-state index in [1.54, 1.807) is 12.1 Å². The van der Waals surface area contributed by atoms with Crippen molar-refractivity contribution < 1.29 is 14.2 Å². The van der Waals surface area contributed by atoms with Gasteiger partial charge in [-0.3, -0.25) is 4.99 Å². The van der Waals surface area contributed by atoms with E-state index in [1.807, 2.05) is 26.8 Å². The predicted octanol–water partition coefficient (Wildman–Crippen LogP) is 3.06. The molecule has 0 aliphatic heterocycles. The number of guanidine groups is 1. The summed E-state index contributed by atoms with van der Waals surface area (Å²) in [6, 6.07) is 6.63. The second-order valence-electron chi connectivity index (χ2n) is 7.60. The van der Waals surface area contributed by atoms with Crippen LogP contribution in [-0.4, -0.2) is 50.0 Å². The number of hydrogen-bond acceptors (Lipinski definition) is 3. The SMILES string of the molecule is CCNC(=NCC(C)(C)c1cccc(F)c1)NCC(O)COCC1CC1.I. The molecule has 0 radical (unpaired) electrons. The highest BCUT2D eigenvalue weighted by Gasteiger charge is 2.22. The highest BCUT2D eigenvalue weighted by atomic mass is 127. The summed E-state index contributed by atoms with van der Waals surface area (Å²) in [6.07, 6.45) is 1.91. The summed E-state index contributed by atoms with van der Waals surface area (Å²) in [7, 11) is 0. The Morgan fingerprint density at radius 3 is 2.74 bits per heavy atom. The molecule has 154 valence electrons. The zero-order chi connectivity index (χ0) is 19.0. The minimum Gasteiger partial charge on any atom is -0.389 e. The molecular weight excluding hydrogens is 460 g/mol. The van der Waals surface area contributed by atoms with Crippen LogP contribution in [0.15, 0.2) is 29.3 Å². The largest absolute Gasteiger partial charge is 0.389 e. The number of rotatable bonds is 10. The van der Waals surface area contributed by atoms with E-state index in [0.717, 1.165) is 18.7 Å². The van der Waals surface area contributed by atoms with Crippen LogP contribution in [0.3, 0.4) is 0 Å². The molecule has 3 N–H and O–H groups in total. The molecule has 1 aliphatic rings. The van der Waals surface area contributed by atoms with E-state index in [-0.39, 0.29) is 35.2 Å². The minimum atomic E-state index is -0.575. The molecule has 7 heteroatoms. The normalized spacial score (nSPS) is 15.8. The Morgan fingerprint density at radius 1 is 1.37 bits per heavy atom. The van der Waals surface area contributed by atoms with Gasteiger partial charge < -0.3 is 20.5 Å². The first-order valence-corrected chi connectivity index (χ1v) is 9.44. The van der Waals surface area contributed by atoms with Crippen LogP contribution in [0.1, 0.15) is 39.2 Å². The van der Waals surface area contributed by atoms with Gasteiger partial charge in [0.15, 0.2) is 5.96 Å². The molecule has 1 unspecified atom stereocenters. The molecule has 2 rings (SSSR count). The van der Waals surface area contributed by atoms with Crippen molar-refractivity contribution in [3.8, 4) is 0 Å². The van der Waals surface area contributed by atoms with Gasteiger partial charge in [-0.1, -0.05) is 26.0 Å². The molecule has 1 fully saturated rings. The summed E-state index contributed by atoms with van der Waals surface area (Å²) in [5.41, 5.74) is 0.613. The van der Waals surface area contributed by atoms with Gasteiger partial charge in [0.2, 0.25) is 0 Å².